The van der Waals surface area contributed by atoms with Crippen molar-refractivity contribution in [1.82, 2.24) is 0 Å². The van der Waals surface area contributed by atoms with Gasteiger partial charge in [-0.3, -0.25) is 4.79 Å². The van der Waals surface area contributed by atoms with E-state index in [0.717, 1.165) is 11.1 Å². The lowest BCUT2D eigenvalue weighted by atomic mass is 9.83. The molecule has 2 heteroatoms. The molecule has 0 radical (unpaired) electrons. The molecule has 2 rings (SSSR count). The summed E-state index contributed by atoms with van der Waals surface area (Å²) in [5, 5.41) is 0. The highest BCUT2D eigenvalue weighted by atomic mass is 16.5. The van der Waals surface area contributed by atoms with E-state index in [1.54, 1.807) is 0 Å². The fourth-order valence-electron chi connectivity index (χ4n) is 2.37. The molecule has 0 unspecified atom stereocenters. The SMILES string of the molecule is COC(=O)[C@@H](c1ccccc1)[C@H](C)c1ccccc1. The molecule has 0 saturated carbocycles. The summed E-state index contributed by atoms with van der Waals surface area (Å²) < 4.78 is 4.97. The number of benzene rings is 2. The van der Waals surface area contributed by atoms with E-state index in [9.17, 15) is 4.79 Å². The zero-order valence-corrected chi connectivity index (χ0v) is 11.2. The third kappa shape index (κ3) is 3.02. The van der Waals surface area contributed by atoms with E-state index in [-0.39, 0.29) is 17.8 Å². The summed E-state index contributed by atoms with van der Waals surface area (Å²) in [5.74, 6) is -0.382. The minimum atomic E-state index is -0.270. The van der Waals surface area contributed by atoms with Crippen LogP contribution in [0.1, 0.15) is 29.9 Å². The summed E-state index contributed by atoms with van der Waals surface area (Å²) in [5.41, 5.74) is 2.13. The Balaban J connectivity index is 2.36. The van der Waals surface area contributed by atoms with Gasteiger partial charge in [0.15, 0.2) is 0 Å². The summed E-state index contributed by atoms with van der Waals surface area (Å²) in [7, 11) is 1.44. The number of carbonyl (C=O) groups is 1. The Morgan fingerprint density at radius 3 is 1.84 bits per heavy atom. The molecule has 0 aliphatic carbocycles. The van der Waals surface area contributed by atoms with Crippen LogP contribution in [-0.4, -0.2) is 13.1 Å². The van der Waals surface area contributed by atoms with Crippen LogP contribution in [0.2, 0.25) is 0 Å². The number of carbonyl (C=O) groups excluding carboxylic acids is 1. The zero-order chi connectivity index (χ0) is 13.7. The molecule has 0 aliphatic heterocycles. The minimum absolute atomic E-state index is 0.0797. The van der Waals surface area contributed by atoms with Crippen molar-refractivity contribution < 1.29 is 9.53 Å². The average Bonchev–Trinajstić information content (AvgIpc) is 2.49. The van der Waals surface area contributed by atoms with Crippen LogP contribution >= 0.6 is 0 Å². The van der Waals surface area contributed by atoms with Crippen molar-refractivity contribution in [2.24, 2.45) is 0 Å². The average molecular weight is 254 g/mol. The van der Waals surface area contributed by atoms with Gasteiger partial charge in [0.2, 0.25) is 0 Å². The number of esters is 1. The van der Waals surface area contributed by atoms with E-state index in [2.05, 4.69) is 6.92 Å². The molecule has 2 aromatic rings. The highest BCUT2D eigenvalue weighted by molar-refractivity contribution is 5.79. The predicted octanol–water partition coefficient (Wildman–Crippen LogP) is 3.75. The quantitative estimate of drug-likeness (QED) is 0.777. The maximum atomic E-state index is 12.1. The molecule has 0 spiro atoms. The zero-order valence-electron chi connectivity index (χ0n) is 11.2. The lowest BCUT2D eigenvalue weighted by molar-refractivity contribution is -0.142. The number of hydrogen-bond acceptors (Lipinski definition) is 2. The van der Waals surface area contributed by atoms with E-state index >= 15 is 0 Å². The molecule has 0 heterocycles. The molecular formula is C17H18O2. The van der Waals surface area contributed by atoms with Crippen molar-refractivity contribution in [3.8, 4) is 0 Å². The molecule has 0 amide bonds. The Hall–Kier alpha value is -2.09. The maximum absolute atomic E-state index is 12.1. The summed E-state index contributed by atoms with van der Waals surface area (Å²) in [4.78, 5) is 12.1. The van der Waals surface area contributed by atoms with Gasteiger partial charge in [-0.15, -0.1) is 0 Å². The summed E-state index contributed by atoms with van der Waals surface area (Å²) in [6.07, 6.45) is 0. The van der Waals surface area contributed by atoms with Gasteiger partial charge in [0.1, 0.15) is 0 Å². The lowest BCUT2D eigenvalue weighted by Gasteiger charge is -2.22. The van der Waals surface area contributed by atoms with E-state index in [1.807, 2.05) is 60.7 Å². The second-order valence-corrected chi connectivity index (χ2v) is 4.61. The van der Waals surface area contributed by atoms with Gasteiger partial charge >= 0.3 is 5.97 Å². The van der Waals surface area contributed by atoms with Crippen molar-refractivity contribution in [2.75, 3.05) is 7.11 Å². The first-order chi connectivity index (χ1) is 9.24. The number of rotatable bonds is 4. The highest BCUT2D eigenvalue weighted by Gasteiger charge is 2.28. The van der Waals surface area contributed by atoms with Crippen molar-refractivity contribution in [2.45, 2.75) is 18.8 Å². The predicted molar refractivity (Wildman–Crippen MR) is 76.1 cm³/mol. The van der Waals surface area contributed by atoms with Crippen LogP contribution in [0.5, 0.6) is 0 Å². The van der Waals surface area contributed by atoms with Gasteiger partial charge in [-0.25, -0.2) is 0 Å². The molecule has 0 aliphatic rings. The van der Waals surface area contributed by atoms with E-state index in [1.165, 1.54) is 7.11 Å². The molecule has 98 valence electrons. The fourth-order valence-corrected chi connectivity index (χ4v) is 2.37. The smallest absolute Gasteiger partial charge is 0.313 e. The van der Waals surface area contributed by atoms with Crippen LogP contribution < -0.4 is 0 Å². The molecule has 2 nitrogen and oxygen atoms in total. The number of methoxy groups -OCH3 is 1. The standard InChI is InChI=1S/C17H18O2/c1-13(14-9-5-3-6-10-14)16(17(18)19-2)15-11-7-4-8-12-15/h3-13,16H,1-2H3/t13-,16-/m1/s1. The summed E-state index contributed by atoms with van der Waals surface area (Å²) >= 11 is 0. The largest absolute Gasteiger partial charge is 0.469 e. The van der Waals surface area contributed by atoms with Crippen molar-refractivity contribution in [3.05, 3.63) is 71.8 Å². The first kappa shape index (κ1) is 13.3. The van der Waals surface area contributed by atoms with Crippen LogP contribution in [0.3, 0.4) is 0 Å². The van der Waals surface area contributed by atoms with E-state index < -0.39 is 0 Å². The molecule has 0 N–H and O–H groups in total. The number of hydrogen-bond donors (Lipinski definition) is 0. The molecule has 0 aromatic heterocycles. The van der Waals surface area contributed by atoms with Crippen LogP contribution in [0, 0.1) is 0 Å². The molecule has 0 fully saturated rings. The van der Waals surface area contributed by atoms with Crippen LogP contribution in [0.15, 0.2) is 60.7 Å². The topological polar surface area (TPSA) is 26.3 Å². The molecule has 0 saturated heterocycles. The van der Waals surface area contributed by atoms with Crippen molar-refractivity contribution >= 4 is 5.97 Å². The number of ether oxygens (including phenoxy) is 1. The fraction of sp³-hybridized carbons (Fsp3) is 0.235. The van der Waals surface area contributed by atoms with Crippen LogP contribution in [0.25, 0.3) is 0 Å². The van der Waals surface area contributed by atoms with Gasteiger partial charge in [-0.05, 0) is 17.0 Å². The van der Waals surface area contributed by atoms with Crippen LogP contribution in [-0.2, 0) is 9.53 Å². The Labute approximate surface area is 114 Å². The first-order valence-electron chi connectivity index (χ1n) is 6.41. The Kier molecular flexibility index (Phi) is 4.35. The summed E-state index contributed by atoms with van der Waals surface area (Å²) in [6.45, 7) is 2.06. The van der Waals surface area contributed by atoms with Gasteiger partial charge in [-0.1, -0.05) is 67.6 Å². The Bertz CT molecular complexity index is 519. The Morgan fingerprint density at radius 1 is 0.895 bits per heavy atom. The maximum Gasteiger partial charge on any atom is 0.313 e. The van der Waals surface area contributed by atoms with E-state index in [4.69, 9.17) is 4.74 Å². The van der Waals surface area contributed by atoms with Gasteiger partial charge in [0.05, 0.1) is 13.0 Å². The first-order valence-corrected chi connectivity index (χ1v) is 6.41. The van der Waals surface area contributed by atoms with Gasteiger partial charge in [-0.2, -0.15) is 0 Å². The van der Waals surface area contributed by atoms with Gasteiger partial charge in [0, 0.05) is 0 Å². The summed E-state index contributed by atoms with van der Waals surface area (Å²) in [6, 6.07) is 19.8. The van der Waals surface area contributed by atoms with E-state index in [0.29, 0.717) is 0 Å². The van der Waals surface area contributed by atoms with Gasteiger partial charge in [0.25, 0.3) is 0 Å². The molecule has 2 aromatic carbocycles. The van der Waals surface area contributed by atoms with Crippen LogP contribution in [0.4, 0.5) is 0 Å². The third-order valence-electron chi connectivity index (χ3n) is 3.44. The third-order valence-corrected chi connectivity index (χ3v) is 3.44. The highest BCUT2D eigenvalue weighted by Crippen LogP contribution is 2.33. The normalized spacial score (nSPS) is 13.6. The Morgan fingerprint density at radius 2 is 1.37 bits per heavy atom. The monoisotopic (exact) mass is 254 g/mol. The second-order valence-electron chi connectivity index (χ2n) is 4.61. The molecule has 19 heavy (non-hydrogen) atoms. The van der Waals surface area contributed by atoms with Crippen molar-refractivity contribution in [3.63, 3.8) is 0 Å². The molecule has 2 atom stereocenters. The van der Waals surface area contributed by atoms with Gasteiger partial charge < -0.3 is 4.74 Å². The molecular weight excluding hydrogens is 236 g/mol. The lowest BCUT2D eigenvalue weighted by Crippen LogP contribution is -2.20. The minimum Gasteiger partial charge on any atom is -0.469 e. The molecule has 0 bridgehead atoms. The van der Waals surface area contributed by atoms with Crippen molar-refractivity contribution in [1.29, 1.82) is 0 Å². The second kappa shape index (κ2) is 6.19.